The number of carbonyl (C=O) groups is 1. The number of hydrogen-bond donors (Lipinski definition) is 1. The van der Waals surface area contributed by atoms with Gasteiger partial charge in [0.25, 0.3) is 5.91 Å². The minimum atomic E-state index is -0.405. The van der Waals surface area contributed by atoms with E-state index in [9.17, 15) is 9.18 Å². The summed E-state index contributed by atoms with van der Waals surface area (Å²) in [5, 5.41) is 4.27. The number of nitrogens with one attached hydrogen (secondary N) is 1. The van der Waals surface area contributed by atoms with E-state index in [-0.39, 0.29) is 12.5 Å². The van der Waals surface area contributed by atoms with Gasteiger partial charge in [0, 0.05) is 15.6 Å². The molecule has 4 nitrogen and oxygen atoms in total. The minimum absolute atomic E-state index is 0.0300. The van der Waals surface area contributed by atoms with E-state index >= 15 is 0 Å². The minimum Gasteiger partial charge on any atom is -0.489 e. The molecule has 0 saturated heterocycles. The Kier molecular flexibility index (Phi) is 6.79. The summed E-state index contributed by atoms with van der Waals surface area (Å²) in [6.45, 7) is 0.0300. The molecule has 28 heavy (non-hydrogen) atoms. The van der Waals surface area contributed by atoms with Crippen molar-refractivity contribution in [1.82, 2.24) is 5.43 Å². The summed E-state index contributed by atoms with van der Waals surface area (Å²) in [5.74, 6) is -0.140. The van der Waals surface area contributed by atoms with Crippen LogP contribution in [0.15, 0.2) is 76.3 Å². The van der Waals surface area contributed by atoms with Crippen molar-refractivity contribution in [2.75, 3.05) is 0 Å². The number of amides is 1. The van der Waals surface area contributed by atoms with Crippen LogP contribution in [-0.2, 0) is 6.61 Å². The van der Waals surface area contributed by atoms with Gasteiger partial charge in [-0.3, -0.25) is 4.79 Å². The number of carbonyl (C=O) groups excluding carboxylic acids is 1. The zero-order chi connectivity index (χ0) is 19.9. The molecule has 3 aromatic rings. The van der Waals surface area contributed by atoms with Crippen LogP contribution in [0.2, 0.25) is 5.02 Å². The molecule has 0 fully saturated rings. The summed E-state index contributed by atoms with van der Waals surface area (Å²) >= 11 is 9.30. The van der Waals surface area contributed by atoms with Gasteiger partial charge in [0.2, 0.25) is 0 Å². The topological polar surface area (TPSA) is 50.7 Å². The maximum Gasteiger partial charge on any atom is 0.271 e. The summed E-state index contributed by atoms with van der Waals surface area (Å²) in [4.78, 5) is 12.0. The molecule has 7 heteroatoms. The molecule has 0 heterocycles. The van der Waals surface area contributed by atoms with Crippen molar-refractivity contribution in [3.05, 3.63) is 98.7 Å². The van der Waals surface area contributed by atoms with Crippen molar-refractivity contribution >= 4 is 39.7 Å². The monoisotopic (exact) mass is 460 g/mol. The fraction of sp³-hybridized carbons (Fsp3) is 0.0476. The average Bonchev–Trinajstić information content (AvgIpc) is 2.69. The van der Waals surface area contributed by atoms with Crippen LogP contribution in [0.3, 0.4) is 0 Å². The van der Waals surface area contributed by atoms with E-state index in [1.54, 1.807) is 60.7 Å². The molecule has 0 aliphatic carbocycles. The fourth-order valence-corrected chi connectivity index (χ4v) is 2.79. The first kappa shape index (κ1) is 20.0. The number of benzene rings is 3. The quantitative estimate of drug-likeness (QED) is 0.385. The zero-order valence-electron chi connectivity index (χ0n) is 14.5. The molecule has 3 rings (SSSR count). The molecule has 1 amide bonds. The highest BCUT2D eigenvalue weighted by Crippen LogP contribution is 2.21. The maximum atomic E-state index is 13.7. The maximum absolute atomic E-state index is 13.7. The van der Waals surface area contributed by atoms with Crippen molar-refractivity contribution in [3.63, 3.8) is 0 Å². The highest BCUT2D eigenvalue weighted by molar-refractivity contribution is 9.10. The van der Waals surface area contributed by atoms with Gasteiger partial charge in [-0.25, -0.2) is 9.82 Å². The van der Waals surface area contributed by atoms with Crippen LogP contribution in [0.25, 0.3) is 0 Å². The third kappa shape index (κ3) is 5.41. The molecule has 0 unspecified atom stereocenters. The molecule has 0 aromatic heterocycles. The van der Waals surface area contributed by atoms with Gasteiger partial charge in [0.1, 0.15) is 18.2 Å². The zero-order valence-corrected chi connectivity index (χ0v) is 16.9. The van der Waals surface area contributed by atoms with Crippen LogP contribution in [0, 0.1) is 5.82 Å². The van der Waals surface area contributed by atoms with Crippen molar-refractivity contribution in [2.24, 2.45) is 5.10 Å². The van der Waals surface area contributed by atoms with Crippen LogP contribution in [0.1, 0.15) is 21.5 Å². The largest absolute Gasteiger partial charge is 0.489 e. The third-order valence-electron chi connectivity index (χ3n) is 3.81. The lowest BCUT2D eigenvalue weighted by Crippen LogP contribution is -2.17. The third-order valence-corrected chi connectivity index (χ3v) is 4.69. The lowest BCUT2D eigenvalue weighted by Gasteiger charge is -2.08. The van der Waals surface area contributed by atoms with Crippen molar-refractivity contribution < 1.29 is 13.9 Å². The number of hydrogen-bond acceptors (Lipinski definition) is 3. The Hall–Kier alpha value is -2.70. The standard InChI is InChI=1S/C21H15BrClFN2O2/c22-16-8-6-15(7-9-16)21(27)26-25-12-14-4-10-17(11-5-14)28-13-18-19(23)2-1-3-20(18)24/h1-12H,13H2,(H,26,27)/b25-12+. The fourth-order valence-electron chi connectivity index (χ4n) is 2.31. The Morgan fingerprint density at radius 2 is 1.82 bits per heavy atom. The first-order chi connectivity index (χ1) is 13.5. The molecule has 142 valence electrons. The molecule has 0 bridgehead atoms. The van der Waals surface area contributed by atoms with Crippen molar-refractivity contribution in [3.8, 4) is 5.75 Å². The van der Waals surface area contributed by atoms with E-state index in [0.717, 1.165) is 10.0 Å². The normalized spacial score (nSPS) is 10.8. The number of ether oxygens (including phenoxy) is 1. The summed E-state index contributed by atoms with van der Waals surface area (Å²) in [6.07, 6.45) is 1.52. The second kappa shape index (κ2) is 9.48. The predicted octanol–water partition coefficient (Wildman–Crippen LogP) is 5.58. The van der Waals surface area contributed by atoms with Crippen LogP contribution < -0.4 is 10.2 Å². The van der Waals surface area contributed by atoms with Crippen molar-refractivity contribution in [1.29, 1.82) is 0 Å². The highest BCUT2D eigenvalue weighted by atomic mass is 79.9. The summed E-state index contributed by atoms with van der Waals surface area (Å²) in [5.41, 5.74) is 4.06. The first-order valence-electron chi connectivity index (χ1n) is 8.27. The molecular weight excluding hydrogens is 447 g/mol. The van der Waals surface area contributed by atoms with Gasteiger partial charge in [0.05, 0.1) is 11.2 Å². The summed E-state index contributed by atoms with van der Waals surface area (Å²) in [6, 6.07) is 18.5. The Balaban J connectivity index is 1.54. The van der Waals surface area contributed by atoms with E-state index in [1.807, 2.05) is 0 Å². The first-order valence-corrected chi connectivity index (χ1v) is 9.45. The Morgan fingerprint density at radius 3 is 2.50 bits per heavy atom. The van der Waals surface area contributed by atoms with E-state index in [1.165, 1.54) is 12.3 Å². The smallest absolute Gasteiger partial charge is 0.271 e. The van der Waals surface area contributed by atoms with Gasteiger partial charge in [0.15, 0.2) is 0 Å². The Bertz CT molecular complexity index is 972. The lowest BCUT2D eigenvalue weighted by atomic mass is 10.2. The molecule has 1 N–H and O–H groups in total. The molecule has 3 aromatic carbocycles. The molecule has 0 aliphatic heterocycles. The number of hydrazone groups is 1. The second-order valence-corrected chi connectivity index (χ2v) is 7.09. The van der Waals surface area contributed by atoms with Gasteiger partial charge in [-0.15, -0.1) is 0 Å². The molecule has 0 atom stereocenters. The summed E-state index contributed by atoms with van der Waals surface area (Å²) < 4.78 is 20.2. The predicted molar refractivity (Wildman–Crippen MR) is 111 cm³/mol. The number of nitrogens with zero attached hydrogens (tertiary/aromatic N) is 1. The number of rotatable bonds is 6. The second-order valence-electron chi connectivity index (χ2n) is 5.76. The molecule has 0 spiro atoms. The van der Waals surface area contributed by atoms with Gasteiger partial charge >= 0.3 is 0 Å². The van der Waals surface area contributed by atoms with E-state index in [0.29, 0.717) is 21.9 Å². The van der Waals surface area contributed by atoms with E-state index in [4.69, 9.17) is 16.3 Å². The van der Waals surface area contributed by atoms with Gasteiger partial charge in [-0.1, -0.05) is 33.6 Å². The Labute approximate surface area is 175 Å². The van der Waals surface area contributed by atoms with Crippen LogP contribution >= 0.6 is 27.5 Å². The highest BCUT2D eigenvalue weighted by Gasteiger charge is 2.07. The molecule has 0 aliphatic rings. The SMILES string of the molecule is O=C(N/N=C/c1ccc(OCc2c(F)cccc2Cl)cc1)c1ccc(Br)cc1. The molecule has 0 radical (unpaired) electrons. The van der Waals surface area contributed by atoms with E-state index in [2.05, 4.69) is 26.5 Å². The lowest BCUT2D eigenvalue weighted by molar-refractivity contribution is 0.0955. The van der Waals surface area contributed by atoms with Gasteiger partial charge in [-0.05, 0) is 66.2 Å². The molecular formula is C21H15BrClFN2O2. The molecule has 0 saturated carbocycles. The number of halogens is 3. The van der Waals surface area contributed by atoms with Crippen molar-refractivity contribution in [2.45, 2.75) is 6.61 Å². The van der Waals surface area contributed by atoms with Gasteiger partial charge < -0.3 is 4.74 Å². The summed E-state index contributed by atoms with van der Waals surface area (Å²) in [7, 11) is 0. The average molecular weight is 462 g/mol. The van der Waals surface area contributed by atoms with Crippen LogP contribution in [0.5, 0.6) is 5.75 Å². The van der Waals surface area contributed by atoms with E-state index < -0.39 is 5.82 Å². The van der Waals surface area contributed by atoms with Crippen LogP contribution in [0.4, 0.5) is 4.39 Å². The van der Waals surface area contributed by atoms with Crippen LogP contribution in [-0.4, -0.2) is 12.1 Å². The van der Waals surface area contributed by atoms with Gasteiger partial charge in [-0.2, -0.15) is 5.10 Å². The Morgan fingerprint density at radius 1 is 1.11 bits per heavy atom.